The summed E-state index contributed by atoms with van der Waals surface area (Å²) in [6, 6.07) is 21.7. The lowest BCUT2D eigenvalue weighted by molar-refractivity contribution is -0.146. The van der Waals surface area contributed by atoms with Crippen LogP contribution in [0.25, 0.3) is 11.1 Å². The van der Waals surface area contributed by atoms with Crippen molar-refractivity contribution in [2.75, 3.05) is 6.61 Å². The molecule has 0 saturated heterocycles. The topological polar surface area (TPSA) is 71.1 Å². The highest BCUT2D eigenvalue weighted by atomic mass is 16.6. The summed E-state index contributed by atoms with van der Waals surface area (Å²) in [5.41, 5.74) is 2.41. The minimum Gasteiger partial charge on any atom is -0.491 e. The smallest absolute Gasteiger partial charge is 0.343 e. The van der Waals surface area contributed by atoms with Gasteiger partial charge in [-0.1, -0.05) is 57.4 Å². The van der Waals surface area contributed by atoms with E-state index in [4.69, 9.17) is 18.9 Å². The maximum Gasteiger partial charge on any atom is 0.343 e. The summed E-state index contributed by atoms with van der Waals surface area (Å²) in [5, 5.41) is 0. The van der Waals surface area contributed by atoms with Gasteiger partial charge in [0, 0.05) is 6.61 Å². The van der Waals surface area contributed by atoms with E-state index in [2.05, 4.69) is 13.8 Å². The lowest BCUT2D eigenvalue weighted by Gasteiger charge is -2.15. The van der Waals surface area contributed by atoms with Crippen LogP contribution in [0.5, 0.6) is 17.2 Å². The molecule has 3 aromatic rings. The zero-order valence-electron chi connectivity index (χ0n) is 23.5. The molecule has 6 nitrogen and oxygen atoms in total. The summed E-state index contributed by atoms with van der Waals surface area (Å²) in [5.74, 6) is 0.676. The number of carbonyl (C=O) groups is 2. The molecule has 2 atom stereocenters. The Morgan fingerprint density at radius 2 is 1.23 bits per heavy atom. The maximum absolute atomic E-state index is 12.6. The van der Waals surface area contributed by atoms with Gasteiger partial charge in [-0.15, -0.1) is 0 Å². The molecule has 0 aliphatic rings. The molecule has 0 aromatic heterocycles. The van der Waals surface area contributed by atoms with Gasteiger partial charge in [0.15, 0.2) is 6.10 Å². The molecule has 0 N–H and O–H groups in total. The van der Waals surface area contributed by atoms with E-state index in [0.717, 1.165) is 29.7 Å². The first kappa shape index (κ1) is 29.9. The van der Waals surface area contributed by atoms with E-state index in [9.17, 15) is 9.59 Å². The second kappa shape index (κ2) is 15.7. The average Bonchev–Trinajstić information content (AvgIpc) is 2.95. The Kier molecular flexibility index (Phi) is 12.0. The first-order valence-electron chi connectivity index (χ1n) is 13.9. The highest BCUT2D eigenvalue weighted by molar-refractivity contribution is 5.91. The number of ether oxygens (including phenoxy) is 4. The molecule has 0 saturated carbocycles. The van der Waals surface area contributed by atoms with E-state index in [0.29, 0.717) is 23.7 Å². The minimum absolute atomic E-state index is 0.196. The monoisotopic (exact) mass is 532 g/mol. The van der Waals surface area contributed by atoms with Crippen LogP contribution in [0.3, 0.4) is 0 Å². The van der Waals surface area contributed by atoms with Gasteiger partial charge in [-0.3, -0.25) is 0 Å². The summed E-state index contributed by atoms with van der Waals surface area (Å²) < 4.78 is 22.3. The lowest BCUT2D eigenvalue weighted by atomic mass is 10.1. The number of carbonyl (C=O) groups excluding carboxylic acids is 2. The molecule has 0 heterocycles. The number of hydrogen-bond donors (Lipinski definition) is 0. The molecule has 3 rings (SSSR count). The van der Waals surface area contributed by atoms with Gasteiger partial charge in [-0.05, 0) is 92.8 Å². The quantitative estimate of drug-likeness (QED) is 0.112. The van der Waals surface area contributed by atoms with Crippen LogP contribution in [0.2, 0.25) is 0 Å². The summed E-state index contributed by atoms with van der Waals surface area (Å²) in [6.07, 6.45) is 6.39. The third-order valence-electron chi connectivity index (χ3n) is 6.27. The van der Waals surface area contributed by atoms with Crippen molar-refractivity contribution in [1.29, 1.82) is 0 Å². The van der Waals surface area contributed by atoms with Gasteiger partial charge in [0.2, 0.25) is 0 Å². The van der Waals surface area contributed by atoms with E-state index in [-0.39, 0.29) is 6.10 Å². The van der Waals surface area contributed by atoms with Crippen LogP contribution in [0.4, 0.5) is 0 Å². The molecule has 0 spiro atoms. The van der Waals surface area contributed by atoms with Crippen molar-refractivity contribution >= 4 is 11.9 Å². The lowest BCUT2D eigenvalue weighted by Crippen LogP contribution is -2.26. The van der Waals surface area contributed by atoms with Crippen molar-refractivity contribution in [2.24, 2.45) is 0 Å². The minimum atomic E-state index is -0.655. The van der Waals surface area contributed by atoms with Crippen molar-refractivity contribution in [3.63, 3.8) is 0 Å². The third-order valence-corrected chi connectivity index (χ3v) is 6.27. The highest BCUT2D eigenvalue weighted by Crippen LogP contribution is 2.26. The average molecular weight is 533 g/mol. The summed E-state index contributed by atoms with van der Waals surface area (Å²) in [6.45, 7) is 8.44. The van der Waals surface area contributed by atoms with Gasteiger partial charge in [0.25, 0.3) is 0 Å². The molecule has 0 aliphatic carbocycles. The fourth-order valence-electron chi connectivity index (χ4n) is 3.98. The Labute approximate surface area is 232 Å². The number of hydrogen-bond acceptors (Lipinski definition) is 6. The van der Waals surface area contributed by atoms with Gasteiger partial charge in [0.1, 0.15) is 17.2 Å². The molecule has 0 bridgehead atoms. The van der Waals surface area contributed by atoms with Crippen LogP contribution in [0.15, 0.2) is 72.8 Å². The van der Waals surface area contributed by atoms with E-state index in [1.165, 1.54) is 25.7 Å². The van der Waals surface area contributed by atoms with Crippen LogP contribution >= 0.6 is 0 Å². The van der Waals surface area contributed by atoms with Crippen LogP contribution in [-0.2, 0) is 9.53 Å². The van der Waals surface area contributed by atoms with Crippen LogP contribution in [0, 0.1) is 0 Å². The van der Waals surface area contributed by atoms with Crippen LogP contribution in [0.1, 0.15) is 76.6 Å². The predicted molar refractivity (Wildman–Crippen MR) is 153 cm³/mol. The van der Waals surface area contributed by atoms with Gasteiger partial charge in [-0.2, -0.15) is 0 Å². The molecule has 0 amide bonds. The van der Waals surface area contributed by atoms with Crippen molar-refractivity contribution in [2.45, 2.75) is 78.4 Å². The predicted octanol–water partition coefficient (Wildman–Crippen LogP) is 8.03. The molecule has 39 heavy (non-hydrogen) atoms. The Hall–Kier alpha value is -3.64. The molecule has 0 radical (unpaired) electrons. The Morgan fingerprint density at radius 1 is 0.667 bits per heavy atom. The largest absolute Gasteiger partial charge is 0.491 e. The van der Waals surface area contributed by atoms with E-state index < -0.39 is 18.0 Å². The number of rotatable bonds is 15. The van der Waals surface area contributed by atoms with Crippen molar-refractivity contribution in [3.05, 3.63) is 78.4 Å². The summed E-state index contributed by atoms with van der Waals surface area (Å²) in [7, 11) is 0. The van der Waals surface area contributed by atoms with Crippen molar-refractivity contribution in [1.82, 2.24) is 0 Å². The van der Waals surface area contributed by atoms with Gasteiger partial charge in [-0.25, -0.2) is 9.59 Å². The molecule has 0 fully saturated rings. The molecule has 3 aromatic carbocycles. The number of esters is 2. The molecule has 208 valence electrons. The molecule has 6 heteroatoms. The second-order valence-corrected chi connectivity index (χ2v) is 9.67. The molecule has 0 unspecified atom stereocenters. The third kappa shape index (κ3) is 9.88. The van der Waals surface area contributed by atoms with E-state index in [1.54, 1.807) is 43.3 Å². The summed E-state index contributed by atoms with van der Waals surface area (Å²) >= 11 is 0. The number of benzene rings is 3. The van der Waals surface area contributed by atoms with Gasteiger partial charge < -0.3 is 18.9 Å². The first-order chi connectivity index (χ1) is 18.9. The van der Waals surface area contributed by atoms with Crippen molar-refractivity contribution < 1.29 is 28.5 Å². The second-order valence-electron chi connectivity index (χ2n) is 9.67. The Balaban J connectivity index is 1.50. The fraction of sp³-hybridized carbons (Fsp3) is 0.394. The van der Waals surface area contributed by atoms with Gasteiger partial charge >= 0.3 is 11.9 Å². The normalized spacial score (nSPS) is 12.4. The highest BCUT2D eigenvalue weighted by Gasteiger charge is 2.16. The SMILES string of the molecule is CCCCCC[C@@H](C)Oc1ccc(-c2ccc(OC(=O)c3ccc(OC(=O)[C@H](C)OCCC)cc3)cc2)cc1. The Morgan fingerprint density at radius 3 is 1.82 bits per heavy atom. The molecular weight excluding hydrogens is 492 g/mol. The van der Waals surface area contributed by atoms with Crippen LogP contribution < -0.4 is 14.2 Å². The molecular formula is C33H40O6. The van der Waals surface area contributed by atoms with Crippen LogP contribution in [-0.4, -0.2) is 30.8 Å². The zero-order valence-corrected chi connectivity index (χ0v) is 23.5. The van der Waals surface area contributed by atoms with E-state index in [1.807, 2.05) is 43.3 Å². The summed E-state index contributed by atoms with van der Waals surface area (Å²) in [4.78, 5) is 24.7. The van der Waals surface area contributed by atoms with E-state index >= 15 is 0 Å². The van der Waals surface area contributed by atoms with Gasteiger partial charge in [0.05, 0.1) is 11.7 Å². The van der Waals surface area contributed by atoms with Crippen molar-refractivity contribution in [3.8, 4) is 28.4 Å². The number of unbranched alkanes of at least 4 members (excludes halogenated alkanes) is 3. The molecule has 0 aliphatic heterocycles. The fourth-order valence-corrected chi connectivity index (χ4v) is 3.98. The Bertz CT molecular complexity index is 1150. The first-order valence-corrected chi connectivity index (χ1v) is 13.9. The zero-order chi connectivity index (χ0) is 28.0. The standard InChI is InChI=1S/C33H40O6/c1-5-7-8-9-10-24(3)37-29-17-11-26(12-18-29)27-13-19-31(20-14-27)39-33(35)28-15-21-30(22-16-28)38-32(34)25(4)36-23-6-2/h11-22,24-25H,5-10,23H2,1-4H3/t24-,25+/m1/s1. The maximum atomic E-state index is 12.6.